The van der Waals surface area contributed by atoms with Crippen molar-refractivity contribution in [2.45, 2.75) is 12.8 Å². The second-order valence-electron chi connectivity index (χ2n) is 3.32. The molecular weight excluding hydrogens is 305 g/mol. The van der Waals surface area contributed by atoms with Gasteiger partial charge in [-0.2, -0.15) is 18.2 Å². The van der Waals surface area contributed by atoms with Crippen molar-refractivity contribution in [3.05, 3.63) is 28.5 Å². The first-order chi connectivity index (χ1) is 9.25. The van der Waals surface area contributed by atoms with E-state index in [0.717, 1.165) is 0 Å². The molecule has 0 aliphatic rings. The second kappa shape index (κ2) is 6.39. The van der Waals surface area contributed by atoms with Crippen molar-refractivity contribution >= 4 is 24.0 Å². The number of amides is 2. The molecule has 0 aliphatic carbocycles. The maximum atomic E-state index is 12.4. The standard InChI is InChI=1S/C9H8ClF3N4O3/c10-6-1-5(9(11,12)13)2-15-7(6)3-20-17(4-16-19)8(14)18/h1-2,4,19H,3H2,(H2,14,18). The van der Waals surface area contributed by atoms with E-state index in [2.05, 4.69) is 10.1 Å². The van der Waals surface area contributed by atoms with Crippen LogP contribution in [0.5, 0.6) is 0 Å². The Bertz CT molecular complexity index is 524. The highest BCUT2D eigenvalue weighted by atomic mass is 35.5. The summed E-state index contributed by atoms with van der Waals surface area (Å²) in [4.78, 5) is 19.0. The summed E-state index contributed by atoms with van der Waals surface area (Å²) in [5.74, 6) is 0. The number of pyridine rings is 1. The predicted octanol–water partition coefficient (Wildman–Crippen LogP) is 1.98. The normalized spacial score (nSPS) is 11.8. The molecule has 0 fully saturated rings. The zero-order valence-electron chi connectivity index (χ0n) is 9.63. The molecule has 3 N–H and O–H groups in total. The summed E-state index contributed by atoms with van der Waals surface area (Å²) < 4.78 is 37.1. The number of hydrogen-bond donors (Lipinski definition) is 2. The molecule has 0 saturated carbocycles. The van der Waals surface area contributed by atoms with Gasteiger partial charge in [0.2, 0.25) is 0 Å². The molecule has 0 spiro atoms. The van der Waals surface area contributed by atoms with Gasteiger partial charge in [-0.15, -0.1) is 0 Å². The predicted molar refractivity (Wildman–Crippen MR) is 60.7 cm³/mol. The van der Waals surface area contributed by atoms with Crippen LogP contribution < -0.4 is 5.73 Å². The number of hydroxylamine groups is 2. The number of hydrogen-bond acceptors (Lipinski definition) is 5. The fourth-order valence-corrected chi connectivity index (χ4v) is 1.28. The van der Waals surface area contributed by atoms with Gasteiger partial charge in [-0.25, -0.2) is 4.79 Å². The largest absolute Gasteiger partial charge is 0.417 e. The third kappa shape index (κ3) is 4.24. The van der Waals surface area contributed by atoms with Crippen molar-refractivity contribution < 1.29 is 28.0 Å². The smallest absolute Gasteiger partial charge is 0.410 e. The molecule has 2 amide bonds. The van der Waals surface area contributed by atoms with Gasteiger partial charge in [-0.1, -0.05) is 16.8 Å². The van der Waals surface area contributed by atoms with Crippen molar-refractivity contribution in [1.82, 2.24) is 10.0 Å². The van der Waals surface area contributed by atoms with E-state index in [1.807, 2.05) is 0 Å². The number of primary amides is 1. The summed E-state index contributed by atoms with van der Waals surface area (Å²) in [7, 11) is 0. The first-order valence-corrected chi connectivity index (χ1v) is 5.24. The molecule has 11 heteroatoms. The highest BCUT2D eigenvalue weighted by Gasteiger charge is 2.31. The summed E-state index contributed by atoms with van der Waals surface area (Å²) in [5, 5.41) is 10.8. The summed E-state index contributed by atoms with van der Waals surface area (Å²) in [6.45, 7) is -0.452. The van der Waals surface area contributed by atoms with Crippen molar-refractivity contribution in [1.29, 1.82) is 0 Å². The molecule has 1 aromatic rings. The lowest BCUT2D eigenvalue weighted by molar-refractivity contribution is -0.137. The summed E-state index contributed by atoms with van der Waals surface area (Å²) >= 11 is 5.62. The van der Waals surface area contributed by atoms with Crippen LogP contribution in [0, 0.1) is 0 Å². The fourth-order valence-electron chi connectivity index (χ4n) is 1.06. The minimum absolute atomic E-state index is 0.0581. The Balaban J connectivity index is 2.81. The number of nitrogens with zero attached hydrogens (tertiary/aromatic N) is 3. The lowest BCUT2D eigenvalue weighted by Gasteiger charge is -2.14. The SMILES string of the molecule is NC(=O)N(C=NO)OCc1ncc(C(F)(F)F)cc1Cl. The van der Waals surface area contributed by atoms with Gasteiger partial charge in [0, 0.05) is 6.20 Å². The first-order valence-electron chi connectivity index (χ1n) is 4.86. The van der Waals surface area contributed by atoms with Crippen LogP contribution in [0.1, 0.15) is 11.3 Å². The average Bonchev–Trinajstić information content (AvgIpc) is 2.34. The molecule has 1 heterocycles. The van der Waals surface area contributed by atoms with E-state index < -0.39 is 24.4 Å². The molecule has 0 saturated heterocycles. The van der Waals surface area contributed by atoms with Crippen molar-refractivity contribution in [3.8, 4) is 0 Å². The van der Waals surface area contributed by atoms with Crippen molar-refractivity contribution in [2.75, 3.05) is 0 Å². The molecule has 0 radical (unpaired) electrons. The number of carbonyl (C=O) groups is 1. The van der Waals surface area contributed by atoms with Crippen LogP contribution in [0.3, 0.4) is 0 Å². The number of rotatable bonds is 4. The Hall–Kier alpha value is -2.07. The minimum atomic E-state index is -4.57. The van der Waals surface area contributed by atoms with Gasteiger partial charge in [-0.3, -0.25) is 9.82 Å². The van der Waals surface area contributed by atoms with Gasteiger partial charge in [0.05, 0.1) is 16.3 Å². The van der Waals surface area contributed by atoms with Crippen LogP contribution in [0.4, 0.5) is 18.0 Å². The van der Waals surface area contributed by atoms with Crippen LogP contribution in [0.2, 0.25) is 5.02 Å². The number of aromatic nitrogens is 1. The molecule has 0 aromatic carbocycles. The van der Waals surface area contributed by atoms with Gasteiger partial charge in [0.25, 0.3) is 0 Å². The molecule has 0 atom stereocenters. The number of urea groups is 1. The summed E-state index contributed by atoms with van der Waals surface area (Å²) in [5.41, 5.74) is 3.79. The molecular formula is C9H8ClF3N4O3. The van der Waals surface area contributed by atoms with E-state index >= 15 is 0 Å². The number of nitrogens with two attached hydrogens (primary N) is 1. The van der Waals surface area contributed by atoms with E-state index in [1.165, 1.54) is 0 Å². The molecule has 7 nitrogen and oxygen atoms in total. The Labute approximate surface area is 115 Å². The Morgan fingerprint density at radius 3 is 2.75 bits per heavy atom. The van der Waals surface area contributed by atoms with Gasteiger partial charge in [-0.05, 0) is 6.07 Å². The van der Waals surface area contributed by atoms with Gasteiger partial charge < -0.3 is 10.9 Å². The van der Waals surface area contributed by atoms with Crippen molar-refractivity contribution in [3.63, 3.8) is 0 Å². The van der Waals surface area contributed by atoms with Gasteiger partial charge >= 0.3 is 12.2 Å². The van der Waals surface area contributed by atoms with E-state index in [4.69, 9.17) is 27.4 Å². The van der Waals surface area contributed by atoms with E-state index in [1.54, 1.807) is 0 Å². The topological polar surface area (TPSA) is 101 Å². The van der Waals surface area contributed by atoms with Crippen LogP contribution in [-0.2, 0) is 17.6 Å². The van der Waals surface area contributed by atoms with Gasteiger partial charge in [0.15, 0.2) is 6.34 Å². The summed E-state index contributed by atoms with van der Waals surface area (Å²) in [6.07, 6.45) is -3.45. The Morgan fingerprint density at radius 2 is 2.30 bits per heavy atom. The third-order valence-corrected chi connectivity index (χ3v) is 2.29. The molecule has 20 heavy (non-hydrogen) atoms. The van der Waals surface area contributed by atoms with Crippen LogP contribution in [-0.4, -0.2) is 27.6 Å². The molecule has 1 aromatic heterocycles. The van der Waals surface area contributed by atoms with Crippen LogP contribution in [0.25, 0.3) is 0 Å². The number of oxime groups is 1. The lowest BCUT2D eigenvalue weighted by atomic mass is 10.2. The van der Waals surface area contributed by atoms with E-state index in [0.29, 0.717) is 23.7 Å². The molecule has 0 bridgehead atoms. The first kappa shape index (κ1) is 16.0. The highest BCUT2D eigenvalue weighted by Crippen LogP contribution is 2.31. The Morgan fingerprint density at radius 1 is 1.65 bits per heavy atom. The maximum Gasteiger partial charge on any atom is 0.417 e. The van der Waals surface area contributed by atoms with E-state index in [-0.39, 0.29) is 10.7 Å². The van der Waals surface area contributed by atoms with Crippen LogP contribution >= 0.6 is 11.6 Å². The second-order valence-corrected chi connectivity index (χ2v) is 3.73. The monoisotopic (exact) mass is 312 g/mol. The number of halogens is 4. The third-order valence-electron chi connectivity index (χ3n) is 1.96. The Kier molecular flexibility index (Phi) is 5.11. The lowest BCUT2D eigenvalue weighted by Crippen LogP contribution is -2.34. The maximum absolute atomic E-state index is 12.4. The molecule has 0 unspecified atom stereocenters. The van der Waals surface area contributed by atoms with Crippen molar-refractivity contribution in [2.24, 2.45) is 10.9 Å². The molecule has 0 aliphatic heterocycles. The zero-order chi connectivity index (χ0) is 15.3. The quantitative estimate of drug-likeness (QED) is 0.384. The summed E-state index contributed by atoms with van der Waals surface area (Å²) in [6, 6.07) is -0.437. The average molecular weight is 313 g/mol. The fraction of sp³-hybridized carbons (Fsp3) is 0.222. The minimum Gasteiger partial charge on any atom is -0.410 e. The van der Waals surface area contributed by atoms with Gasteiger partial charge in [0.1, 0.15) is 6.61 Å². The van der Waals surface area contributed by atoms with Crippen LogP contribution in [0.15, 0.2) is 17.4 Å². The molecule has 1 rings (SSSR count). The number of alkyl halides is 3. The van der Waals surface area contributed by atoms with E-state index in [9.17, 15) is 18.0 Å². The zero-order valence-corrected chi connectivity index (χ0v) is 10.4. The highest BCUT2D eigenvalue weighted by molar-refractivity contribution is 6.31. The molecule has 110 valence electrons. The number of carbonyl (C=O) groups excluding carboxylic acids is 1.